The van der Waals surface area contributed by atoms with Gasteiger partial charge in [0, 0.05) is 17.6 Å². The molecular weight excluding hydrogens is 291 g/mol. The maximum Gasteiger partial charge on any atom is 0.317 e. The Morgan fingerprint density at radius 3 is 3.06 bits per heavy atom. The van der Waals surface area contributed by atoms with Gasteiger partial charge < -0.3 is 15.0 Å². The average molecular weight is 303 g/mol. The number of carbonyl (C=O) groups excluding carboxylic acids is 1. The van der Waals surface area contributed by atoms with Crippen LogP contribution in [0.2, 0.25) is 0 Å². The third kappa shape index (κ3) is 3.09. The highest BCUT2D eigenvalue weighted by Crippen LogP contribution is 2.22. The van der Waals surface area contributed by atoms with Crippen molar-refractivity contribution >= 4 is 22.0 Å². The Morgan fingerprint density at radius 1 is 1.53 bits per heavy atom. The number of hydrogen-bond acceptors (Lipinski definition) is 2. The van der Waals surface area contributed by atoms with E-state index in [9.17, 15) is 9.18 Å². The van der Waals surface area contributed by atoms with E-state index in [4.69, 9.17) is 4.74 Å². The molecule has 1 N–H and O–H groups in total. The van der Waals surface area contributed by atoms with Crippen molar-refractivity contribution < 1.29 is 13.9 Å². The highest BCUT2D eigenvalue weighted by atomic mass is 79.9. The molecule has 0 aromatic heterocycles. The van der Waals surface area contributed by atoms with Gasteiger partial charge in [-0.1, -0.05) is 15.9 Å². The molecule has 1 aliphatic heterocycles. The summed E-state index contributed by atoms with van der Waals surface area (Å²) in [5.74, 6) is -0.210. The van der Waals surface area contributed by atoms with Crippen LogP contribution in [-0.2, 0) is 0 Å². The minimum absolute atomic E-state index is 0.0942. The second-order valence-electron chi connectivity index (χ2n) is 3.64. The van der Waals surface area contributed by atoms with Gasteiger partial charge in [0.05, 0.1) is 6.54 Å². The van der Waals surface area contributed by atoms with E-state index in [0.29, 0.717) is 19.6 Å². The largest absolute Gasteiger partial charge is 0.489 e. The molecule has 2 rings (SSSR count). The molecule has 6 heteroatoms. The van der Waals surface area contributed by atoms with Crippen molar-refractivity contribution in [2.75, 3.05) is 26.2 Å². The van der Waals surface area contributed by atoms with Gasteiger partial charge >= 0.3 is 6.03 Å². The van der Waals surface area contributed by atoms with Crippen LogP contribution in [0.5, 0.6) is 5.75 Å². The first-order valence-corrected chi connectivity index (χ1v) is 6.07. The van der Waals surface area contributed by atoms with Crippen LogP contribution in [-0.4, -0.2) is 37.2 Å². The van der Waals surface area contributed by atoms with Crippen LogP contribution >= 0.6 is 15.9 Å². The van der Waals surface area contributed by atoms with Crippen LogP contribution < -0.4 is 10.1 Å². The van der Waals surface area contributed by atoms with E-state index in [0.717, 1.165) is 4.47 Å². The fourth-order valence-corrected chi connectivity index (χ4v) is 1.92. The molecule has 4 nitrogen and oxygen atoms in total. The van der Waals surface area contributed by atoms with E-state index in [2.05, 4.69) is 21.2 Å². The summed E-state index contributed by atoms with van der Waals surface area (Å²) in [6.07, 6.45) is 0. The minimum Gasteiger partial charge on any atom is -0.489 e. The van der Waals surface area contributed by atoms with Crippen LogP contribution in [0.3, 0.4) is 0 Å². The summed E-state index contributed by atoms with van der Waals surface area (Å²) in [5, 5.41) is 2.69. The number of rotatable bonds is 4. The molecule has 1 aliphatic rings. The number of ether oxygens (including phenoxy) is 1. The maximum absolute atomic E-state index is 13.3. The molecule has 0 unspecified atom stereocenters. The average Bonchev–Trinajstić information content (AvgIpc) is 2.70. The summed E-state index contributed by atoms with van der Waals surface area (Å²) < 4.78 is 19.4. The lowest BCUT2D eigenvalue weighted by atomic mass is 10.3. The Morgan fingerprint density at radius 2 is 2.35 bits per heavy atom. The number of nitrogens with zero attached hydrogens (tertiary/aromatic N) is 1. The van der Waals surface area contributed by atoms with Gasteiger partial charge in [-0.05, 0) is 18.2 Å². The molecule has 1 heterocycles. The summed E-state index contributed by atoms with van der Waals surface area (Å²) in [5.41, 5.74) is 0. The SMILES string of the molecule is O=C1NCCN1CCOc1cc(Br)ccc1F. The molecule has 0 atom stereocenters. The van der Waals surface area contributed by atoms with Crippen molar-refractivity contribution in [2.45, 2.75) is 0 Å². The number of halogens is 2. The lowest BCUT2D eigenvalue weighted by molar-refractivity contribution is 0.201. The molecule has 0 saturated carbocycles. The predicted molar refractivity (Wildman–Crippen MR) is 64.6 cm³/mol. The zero-order valence-corrected chi connectivity index (χ0v) is 10.7. The molecule has 0 spiro atoms. The normalized spacial score (nSPS) is 14.9. The fraction of sp³-hybridized carbons (Fsp3) is 0.364. The number of urea groups is 1. The lowest BCUT2D eigenvalue weighted by Crippen LogP contribution is -2.31. The van der Waals surface area contributed by atoms with Gasteiger partial charge in [0.1, 0.15) is 6.61 Å². The quantitative estimate of drug-likeness (QED) is 0.924. The van der Waals surface area contributed by atoms with Crippen LogP contribution in [0.1, 0.15) is 0 Å². The Kier molecular flexibility index (Phi) is 3.83. The molecule has 1 fully saturated rings. The van der Waals surface area contributed by atoms with Crippen LogP contribution in [0, 0.1) is 5.82 Å². The van der Waals surface area contributed by atoms with Gasteiger partial charge in [-0.15, -0.1) is 0 Å². The van der Waals surface area contributed by atoms with E-state index in [1.165, 1.54) is 6.07 Å². The van der Waals surface area contributed by atoms with E-state index in [1.807, 2.05) is 0 Å². The van der Waals surface area contributed by atoms with Gasteiger partial charge in [0.2, 0.25) is 0 Å². The van der Waals surface area contributed by atoms with Gasteiger partial charge in [0.25, 0.3) is 0 Å². The van der Waals surface area contributed by atoms with Crippen LogP contribution in [0.25, 0.3) is 0 Å². The Hall–Kier alpha value is -1.30. The van der Waals surface area contributed by atoms with E-state index >= 15 is 0 Å². The molecule has 0 radical (unpaired) electrons. The van der Waals surface area contributed by atoms with E-state index in [-0.39, 0.29) is 18.4 Å². The predicted octanol–water partition coefficient (Wildman–Crippen LogP) is 1.99. The highest BCUT2D eigenvalue weighted by Gasteiger charge is 2.18. The molecule has 17 heavy (non-hydrogen) atoms. The monoisotopic (exact) mass is 302 g/mol. The molecule has 1 aromatic carbocycles. The van der Waals surface area contributed by atoms with E-state index in [1.54, 1.807) is 17.0 Å². The summed E-state index contributed by atoms with van der Waals surface area (Å²) in [4.78, 5) is 12.9. The summed E-state index contributed by atoms with van der Waals surface area (Å²) in [6.45, 7) is 2.06. The Labute approximate surface area is 107 Å². The molecule has 1 saturated heterocycles. The van der Waals surface area contributed by atoms with Crippen molar-refractivity contribution in [3.63, 3.8) is 0 Å². The minimum atomic E-state index is -0.404. The number of amides is 2. The first-order valence-electron chi connectivity index (χ1n) is 5.27. The first-order chi connectivity index (χ1) is 8.16. The van der Waals surface area contributed by atoms with E-state index < -0.39 is 5.82 Å². The summed E-state index contributed by atoms with van der Waals surface area (Å²) in [7, 11) is 0. The molecule has 2 amide bonds. The van der Waals surface area contributed by atoms with Crippen molar-refractivity contribution in [1.82, 2.24) is 10.2 Å². The maximum atomic E-state index is 13.3. The third-order valence-corrected chi connectivity index (χ3v) is 2.95. The second kappa shape index (κ2) is 5.35. The van der Waals surface area contributed by atoms with Gasteiger partial charge in [0.15, 0.2) is 11.6 Å². The molecular formula is C11H12BrFN2O2. The highest BCUT2D eigenvalue weighted by molar-refractivity contribution is 9.10. The number of nitrogens with one attached hydrogen (secondary N) is 1. The second-order valence-corrected chi connectivity index (χ2v) is 4.56. The van der Waals surface area contributed by atoms with Gasteiger partial charge in [-0.25, -0.2) is 9.18 Å². The smallest absolute Gasteiger partial charge is 0.317 e. The van der Waals surface area contributed by atoms with Crippen LogP contribution in [0.4, 0.5) is 9.18 Å². The first kappa shape index (κ1) is 12.2. The van der Waals surface area contributed by atoms with Gasteiger partial charge in [-0.3, -0.25) is 0 Å². The van der Waals surface area contributed by atoms with Crippen molar-refractivity contribution in [3.8, 4) is 5.75 Å². The molecule has 0 aliphatic carbocycles. The third-order valence-electron chi connectivity index (χ3n) is 2.46. The van der Waals surface area contributed by atoms with Crippen molar-refractivity contribution in [1.29, 1.82) is 0 Å². The number of benzene rings is 1. The molecule has 92 valence electrons. The van der Waals surface area contributed by atoms with Crippen molar-refractivity contribution in [2.24, 2.45) is 0 Å². The summed E-state index contributed by atoms with van der Waals surface area (Å²) >= 11 is 3.24. The van der Waals surface area contributed by atoms with Crippen molar-refractivity contribution in [3.05, 3.63) is 28.5 Å². The standard InChI is InChI=1S/C11H12BrFN2O2/c12-8-1-2-9(13)10(7-8)17-6-5-15-4-3-14-11(15)16/h1-2,7H,3-6H2,(H,14,16). The lowest BCUT2D eigenvalue weighted by Gasteiger charge is -2.14. The Bertz CT molecular complexity index is 428. The Balaban J connectivity index is 1.85. The molecule has 0 bridgehead atoms. The summed E-state index contributed by atoms with van der Waals surface area (Å²) in [6, 6.07) is 4.42. The van der Waals surface area contributed by atoms with Crippen LogP contribution in [0.15, 0.2) is 22.7 Å². The zero-order chi connectivity index (χ0) is 12.3. The fourth-order valence-electron chi connectivity index (χ4n) is 1.58. The van der Waals surface area contributed by atoms with Gasteiger partial charge in [-0.2, -0.15) is 0 Å². The molecule has 1 aromatic rings. The number of hydrogen-bond donors (Lipinski definition) is 1. The topological polar surface area (TPSA) is 41.6 Å². The number of carbonyl (C=O) groups is 1. The zero-order valence-electron chi connectivity index (χ0n) is 9.08.